The lowest BCUT2D eigenvalue weighted by atomic mass is 10.1. The molecule has 6 nitrogen and oxygen atoms in total. The first-order valence-electron chi connectivity index (χ1n) is 10.0. The van der Waals surface area contributed by atoms with Gasteiger partial charge in [-0.15, -0.1) is 13.2 Å². The predicted molar refractivity (Wildman–Crippen MR) is 117 cm³/mol. The van der Waals surface area contributed by atoms with Gasteiger partial charge in [0.05, 0.1) is 11.1 Å². The van der Waals surface area contributed by atoms with Crippen molar-refractivity contribution in [3.8, 4) is 11.4 Å². The molecule has 0 spiro atoms. The SMILES string of the molecule is O=C(NCCc1ccc(OC(F)(F)F)cc1)c1nn(-c2ccccc2)c(=O)c2ccccc12. The van der Waals surface area contributed by atoms with Crippen LogP contribution in [0.3, 0.4) is 0 Å². The summed E-state index contributed by atoms with van der Waals surface area (Å²) < 4.78 is 41.9. The van der Waals surface area contributed by atoms with Crippen LogP contribution in [0.15, 0.2) is 83.7 Å². The zero-order valence-corrected chi connectivity index (χ0v) is 17.2. The largest absolute Gasteiger partial charge is 0.573 e. The predicted octanol–water partition coefficient (Wildman–Crippen LogP) is 4.26. The summed E-state index contributed by atoms with van der Waals surface area (Å²) in [6.07, 6.45) is -4.37. The fourth-order valence-electron chi connectivity index (χ4n) is 3.36. The van der Waals surface area contributed by atoms with Gasteiger partial charge in [-0.25, -0.2) is 0 Å². The maximum absolute atomic E-state index is 12.9. The van der Waals surface area contributed by atoms with Crippen molar-refractivity contribution in [2.45, 2.75) is 12.8 Å². The maximum Gasteiger partial charge on any atom is 0.573 e. The van der Waals surface area contributed by atoms with Crippen LogP contribution >= 0.6 is 0 Å². The fraction of sp³-hybridized carbons (Fsp3) is 0.125. The van der Waals surface area contributed by atoms with Gasteiger partial charge in [-0.2, -0.15) is 9.78 Å². The van der Waals surface area contributed by atoms with Gasteiger partial charge in [-0.3, -0.25) is 9.59 Å². The molecule has 0 saturated heterocycles. The van der Waals surface area contributed by atoms with Gasteiger partial charge >= 0.3 is 6.36 Å². The van der Waals surface area contributed by atoms with Crippen LogP contribution in [0.2, 0.25) is 0 Å². The number of benzene rings is 3. The smallest absolute Gasteiger partial charge is 0.406 e. The number of ether oxygens (including phenoxy) is 1. The molecule has 1 N–H and O–H groups in total. The lowest BCUT2D eigenvalue weighted by Gasteiger charge is -2.12. The summed E-state index contributed by atoms with van der Waals surface area (Å²) >= 11 is 0. The number of amides is 1. The van der Waals surface area contributed by atoms with E-state index in [2.05, 4.69) is 15.2 Å². The highest BCUT2D eigenvalue weighted by atomic mass is 19.4. The number of para-hydroxylation sites is 1. The second kappa shape index (κ2) is 9.15. The third-order valence-corrected chi connectivity index (χ3v) is 4.88. The molecule has 168 valence electrons. The molecule has 1 heterocycles. The number of nitrogens with one attached hydrogen (secondary N) is 1. The van der Waals surface area contributed by atoms with E-state index < -0.39 is 12.3 Å². The Balaban J connectivity index is 1.52. The van der Waals surface area contributed by atoms with Crippen molar-refractivity contribution in [3.63, 3.8) is 0 Å². The lowest BCUT2D eigenvalue weighted by molar-refractivity contribution is -0.274. The van der Waals surface area contributed by atoms with Gasteiger partial charge in [-0.1, -0.05) is 48.5 Å². The number of nitrogens with zero attached hydrogens (tertiary/aromatic N) is 2. The van der Waals surface area contributed by atoms with Crippen LogP contribution in [0.5, 0.6) is 5.75 Å². The minimum absolute atomic E-state index is 0.1000. The van der Waals surface area contributed by atoms with E-state index in [4.69, 9.17) is 0 Å². The number of aromatic nitrogens is 2. The quantitative estimate of drug-likeness (QED) is 0.474. The second-order valence-corrected chi connectivity index (χ2v) is 7.14. The summed E-state index contributed by atoms with van der Waals surface area (Å²) in [6.45, 7) is 0.221. The summed E-state index contributed by atoms with van der Waals surface area (Å²) in [5.41, 5.74) is 1.01. The Labute approximate surface area is 186 Å². The minimum atomic E-state index is -4.75. The van der Waals surface area contributed by atoms with Crippen LogP contribution in [0, 0.1) is 0 Å². The van der Waals surface area contributed by atoms with E-state index >= 15 is 0 Å². The van der Waals surface area contributed by atoms with Gasteiger partial charge in [0.1, 0.15) is 5.75 Å². The van der Waals surface area contributed by atoms with E-state index in [0.29, 0.717) is 22.9 Å². The van der Waals surface area contributed by atoms with Crippen LogP contribution in [0.1, 0.15) is 16.1 Å². The number of fused-ring (bicyclic) bond motifs is 1. The molecule has 0 unspecified atom stereocenters. The monoisotopic (exact) mass is 453 g/mol. The summed E-state index contributed by atoms with van der Waals surface area (Å²) in [6, 6.07) is 20.9. The van der Waals surface area contributed by atoms with E-state index in [-0.39, 0.29) is 23.5 Å². The topological polar surface area (TPSA) is 73.2 Å². The number of carbonyl (C=O) groups excluding carboxylic acids is 1. The lowest BCUT2D eigenvalue weighted by Crippen LogP contribution is -2.31. The van der Waals surface area contributed by atoms with Gasteiger partial charge in [0.2, 0.25) is 0 Å². The standard InChI is InChI=1S/C24H18F3N3O3/c25-24(26,27)33-18-12-10-16(11-13-18)14-15-28-22(31)21-19-8-4-5-9-20(19)23(32)30(29-21)17-6-2-1-3-7-17/h1-13H,14-15H2,(H,28,31). The van der Waals surface area contributed by atoms with E-state index in [1.807, 2.05) is 6.07 Å². The second-order valence-electron chi connectivity index (χ2n) is 7.14. The van der Waals surface area contributed by atoms with Gasteiger partial charge in [0.25, 0.3) is 11.5 Å². The average molecular weight is 453 g/mol. The van der Waals surface area contributed by atoms with Crippen molar-refractivity contribution < 1.29 is 22.7 Å². The highest BCUT2D eigenvalue weighted by molar-refractivity contribution is 6.04. The zero-order valence-electron chi connectivity index (χ0n) is 17.2. The molecule has 0 aliphatic rings. The molecule has 3 aromatic carbocycles. The molecular weight excluding hydrogens is 435 g/mol. The molecule has 4 rings (SSSR count). The first-order chi connectivity index (χ1) is 15.8. The molecule has 0 saturated carbocycles. The summed E-state index contributed by atoms with van der Waals surface area (Å²) in [5, 5.41) is 7.87. The summed E-state index contributed by atoms with van der Waals surface area (Å²) in [7, 11) is 0. The van der Waals surface area contributed by atoms with E-state index in [1.165, 1.54) is 28.9 Å². The van der Waals surface area contributed by atoms with E-state index in [1.54, 1.807) is 48.5 Å². The van der Waals surface area contributed by atoms with Gasteiger partial charge in [0, 0.05) is 11.9 Å². The normalized spacial score (nSPS) is 11.4. The Morgan fingerprint density at radius 1 is 0.909 bits per heavy atom. The Bertz CT molecular complexity index is 1330. The molecule has 33 heavy (non-hydrogen) atoms. The highest BCUT2D eigenvalue weighted by Gasteiger charge is 2.30. The zero-order chi connectivity index (χ0) is 23.4. The number of rotatable bonds is 6. The Kier molecular flexibility index (Phi) is 6.12. The number of halogens is 3. The molecule has 0 aliphatic carbocycles. The Hall–Kier alpha value is -4.14. The molecule has 0 fully saturated rings. The molecule has 0 aliphatic heterocycles. The molecule has 1 amide bonds. The van der Waals surface area contributed by atoms with Crippen LogP contribution in [-0.2, 0) is 6.42 Å². The van der Waals surface area contributed by atoms with Crippen molar-refractivity contribution in [3.05, 3.63) is 100 Å². The summed E-state index contributed by atoms with van der Waals surface area (Å²) in [4.78, 5) is 25.8. The first kappa shape index (κ1) is 22.1. The number of hydrogen-bond donors (Lipinski definition) is 1. The third kappa shape index (κ3) is 5.20. The molecule has 0 radical (unpaired) electrons. The van der Waals surface area contributed by atoms with Gasteiger partial charge < -0.3 is 10.1 Å². The third-order valence-electron chi connectivity index (χ3n) is 4.88. The average Bonchev–Trinajstić information content (AvgIpc) is 2.80. The fourth-order valence-corrected chi connectivity index (χ4v) is 3.36. The van der Waals surface area contributed by atoms with Crippen LogP contribution in [-0.4, -0.2) is 28.6 Å². The Morgan fingerprint density at radius 2 is 1.55 bits per heavy atom. The van der Waals surface area contributed by atoms with Crippen LogP contribution in [0.4, 0.5) is 13.2 Å². The number of hydrogen-bond acceptors (Lipinski definition) is 4. The maximum atomic E-state index is 12.9. The highest BCUT2D eigenvalue weighted by Crippen LogP contribution is 2.23. The number of alkyl halides is 3. The van der Waals surface area contributed by atoms with E-state index in [9.17, 15) is 22.8 Å². The molecule has 9 heteroatoms. The minimum Gasteiger partial charge on any atom is -0.406 e. The molecule has 0 bridgehead atoms. The van der Waals surface area contributed by atoms with E-state index in [0.717, 1.165) is 5.56 Å². The summed E-state index contributed by atoms with van der Waals surface area (Å²) in [5.74, 6) is -0.776. The van der Waals surface area contributed by atoms with Crippen LogP contribution < -0.4 is 15.6 Å². The van der Waals surface area contributed by atoms with Crippen LogP contribution in [0.25, 0.3) is 16.5 Å². The molecule has 0 atom stereocenters. The van der Waals surface area contributed by atoms with Crippen molar-refractivity contribution in [1.29, 1.82) is 0 Å². The molecule has 4 aromatic rings. The first-order valence-corrected chi connectivity index (χ1v) is 10.0. The number of carbonyl (C=O) groups is 1. The van der Waals surface area contributed by atoms with Crippen molar-refractivity contribution in [2.75, 3.05) is 6.54 Å². The van der Waals surface area contributed by atoms with Gasteiger partial charge in [-0.05, 0) is 42.3 Å². The Morgan fingerprint density at radius 3 is 2.21 bits per heavy atom. The van der Waals surface area contributed by atoms with Crippen molar-refractivity contribution >= 4 is 16.7 Å². The molecule has 1 aromatic heterocycles. The van der Waals surface area contributed by atoms with Gasteiger partial charge in [0.15, 0.2) is 5.69 Å². The van der Waals surface area contributed by atoms with Crippen molar-refractivity contribution in [1.82, 2.24) is 15.1 Å². The molecular formula is C24H18F3N3O3. The van der Waals surface area contributed by atoms with Crippen molar-refractivity contribution in [2.24, 2.45) is 0 Å².